The Morgan fingerprint density at radius 1 is 0.821 bits per heavy atom. The molecule has 1 aromatic rings. The van der Waals surface area contributed by atoms with E-state index in [9.17, 15) is 10.2 Å². The molecule has 0 aliphatic heterocycles. The van der Waals surface area contributed by atoms with Gasteiger partial charge < -0.3 is 19.2 Å². The van der Waals surface area contributed by atoms with Crippen molar-refractivity contribution in [2.45, 2.75) is 44.9 Å². The first-order chi connectivity index (χ1) is 12.8. The number of rotatable bonds is 12. The molecule has 0 heterocycles. The summed E-state index contributed by atoms with van der Waals surface area (Å²) in [7, 11) is 12.5. The van der Waals surface area contributed by atoms with Crippen molar-refractivity contribution in [2.24, 2.45) is 0 Å². The highest BCUT2D eigenvalue weighted by Crippen LogP contribution is 2.19. The van der Waals surface area contributed by atoms with Gasteiger partial charge in [0.25, 0.3) is 0 Å². The van der Waals surface area contributed by atoms with E-state index in [1.807, 2.05) is 0 Å². The summed E-state index contributed by atoms with van der Waals surface area (Å²) in [5, 5.41) is 21.2. The average molecular weight is 396 g/mol. The maximum Gasteiger partial charge on any atom is 0.115 e. The highest BCUT2D eigenvalue weighted by atomic mass is 16.3. The van der Waals surface area contributed by atoms with Crippen LogP contribution in [-0.2, 0) is 6.54 Å². The molecular weight excluding hydrogens is 350 g/mol. The summed E-state index contributed by atoms with van der Waals surface area (Å²) in [5.41, 5.74) is 2.59. The Balaban J connectivity index is 2.84. The zero-order chi connectivity index (χ0) is 21.5. The lowest BCUT2D eigenvalue weighted by Crippen LogP contribution is -2.49. The van der Waals surface area contributed by atoms with Crippen molar-refractivity contribution in [3.63, 3.8) is 0 Å². The summed E-state index contributed by atoms with van der Waals surface area (Å²) in [6.07, 6.45) is 0.298. The van der Waals surface area contributed by atoms with Crippen molar-refractivity contribution < 1.29 is 19.2 Å². The fourth-order valence-corrected chi connectivity index (χ4v) is 3.63. The molecule has 0 radical (unpaired) electrons. The van der Waals surface area contributed by atoms with E-state index < -0.39 is 12.2 Å². The van der Waals surface area contributed by atoms with Crippen molar-refractivity contribution in [2.75, 3.05) is 68.5 Å². The molecule has 0 bridgehead atoms. The van der Waals surface area contributed by atoms with Gasteiger partial charge in [-0.3, -0.25) is 4.90 Å². The minimum atomic E-state index is -0.421. The van der Waals surface area contributed by atoms with Gasteiger partial charge in [-0.25, -0.2) is 0 Å². The molecule has 0 spiro atoms. The molecule has 2 N–H and O–H groups in total. The number of aliphatic hydroxyl groups excluding tert-OH is 2. The van der Waals surface area contributed by atoms with Crippen LogP contribution in [0.25, 0.3) is 0 Å². The van der Waals surface area contributed by atoms with Gasteiger partial charge in [-0.05, 0) is 23.5 Å². The van der Waals surface area contributed by atoms with Crippen molar-refractivity contribution >= 4 is 0 Å². The molecule has 5 heteroatoms. The molecule has 0 amide bonds. The van der Waals surface area contributed by atoms with Crippen molar-refractivity contribution in [1.29, 1.82) is 0 Å². The molecule has 1 aromatic carbocycles. The van der Waals surface area contributed by atoms with Gasteiger partial charge in [0.2, 0.25) is 0 Å². The number of likely N-dealkylation sites (N-methyl/N-ethyl adjacent to an activating group) is 2. The lowest BCUT2D eigenvalue weighted by Gasteiger charge is -2.33. The van der Waals surface area contributed by atoms with Gasteiger partial charge >= 0.3 is 0 Å². The van der Waals surface area contributed by atoms with Gasteiger partial charge in [0.05, 0.1) is 42.3 Å². The number of benzene rings is 1. The Morgan fingerprint density at radius 3 is 1.61 bits per heavy atom. The van der Waals surface area contributed by atoms with E-state index >= 15 is 0 Å². The van der Waals surface area contributed by atoms with Crippen LogP contribution < -0.4 is 0 Å². The third-order valence-electron chi connectivity index (χ3n) is 5.02. The molecule has 5 nitrogen and oxygen atoms in total. The molecule has 3 unspecified atom stereocenters. The molecule has 0 saturated carbocycles. The van der Waals surface area contributed by atoms with E-state index in [2.05, 4.69) is 85.3 Å². The van der Waals surface area contributed by atoms with Crippen LogP contribution in [0.2, 0.25) is 0 Å². The first kappa shape index (κ1) is 25.1. The molecule has 0 aliphatic carbocycles. The molecular formula is C23H45N3O2+2. The van der Waals surface area contributed by atoms with Crippen molar-refractivity contribution in [3.05, 3.63) is 35.4 Å². The van der Waals surface area contributed by atoms with E-state index in [4.69, 9.17) is 0 Å². The van der Waals surface area contributed by atoms with Gasteiger partial charge in [0.1, 0.15) is 25.3 Å². The molecule has 0 saturated heterocycles. The molecule has 0 aliphatic rings. The van der Waals surface area contributed by atoms with Crippen molar-refractivity contribution in [3.8, 4) is 0 Å². The van der Waals surface area contributed by atoms with Gasteiger partial charge in [-0.2, -0.15) is 0 Å². The van der Waals surface area contributed by atoms with Crippen LogP contribution in [0.1, 0.15) is 37.3 Å². The van der Waals surface area contributed by atoms with Crippen LogP contribution in [0.4, 0.5) is 0 Å². The summed E-state index contributed by atoms with van der Waals surface area (Å²) < 4.78 is 1.44. The monoisotopic (exact) mass is 395 g/mol. The Morgan fingerprint density at radius 2 is 1.25 bits per heavy atom. The molecule has 28 heavy (non-hydrogen) atoms. The van der Waals surface area contributed by atoms with E-state index in [-0.39, 0.29) is 0 Å². The first-order valence-electron chi connectivity index (χ1n) is 10.6. The number of hydrogen-bond acceptors (Lipinski definition) is 3. The summed E-state index contributed by atoms with van der Waals surface area (Å²) in [5.74, 6) is 0.572. The van der Waals surface area contributed by atoms with Gasteiger partial charge in [-0.15, -0.1) is 0 Å². The normalized spacial score (nSPS) is 16.2. The molecule has 162 valence electrons. The third-order valence-corrected chi connectivity index (χ3v) is 5.02. The zero-order valence-electron chi connectivity index (χ0n) is 19.5. The average Bonchev–Trinajstić information content (AvgIpc) is 2.50. The SMILES string of the molecule is CCC(C)c1ccc(CN(CC(O)C[N+](C)(C)C)CC(O)C[N+](C)(C)C)cc1. The predicted octanol–water partition coefficient (Wildman–Crippen LogP) is 2.14. The fraction of sp³-hybridized carbons (Fsp3) is 0.739. The van der Waals surface area contributed by atoms with E-state index in [1.165, 1.54) is 11.1 Å². The number of nitrogens with zero attached hydrogens (tertiary/aromatic N) is 3. The molecule has 0 fully saturated rings. The maximum absolute atomic E-state index is 10.6. The fourth-order valence-electron chi connectivity index (χ4n) is 3.63. The second-order valence-electron chi connectivity index (χ2n) is 10.5. The van der Waals surface area contributed by atoms with E-state index in [0.29, 0.717) is 32.1 Å². The molecule has 0 aromatic heterocycles. The number of aliphatic hydroxyl groups is 2. The predicted molar refractivity (Wildman–Crippen MR) is 118 cm³/mol. The summed E-state index contributed by atoms with van der Waals surface area (Å²) in [4.78, 5) is 2.19. The van der Waals surface area contributed by atoms with E-state index in [1.54, 1.807) is 0 Å². The Kier molecular flexibility index (Phi) is 9.57. The van der Waals surface area contributed by atoms with E-state index in [0.717, 1.165) is 21.9 Å². The minimum absolute atomic E-state index is 0.421. The Bertz CT molecular complexity index is 537. The smallest absolute Gasteiger partial charge is 0.115 e. The lowest BCUT2D eigenvalue weighted by atomic mass is 9.97. The summed E-state index contributed by atoms with van der Waals surface area (Å²) in [6, 6.07) is 8.80. The van der Waals surface area contributed by atoms with Crippen LogP contribution in [0.15, 0.2) is 24.3 Å². The topological polar surface area (TPSA) is 43.7 Å². The van der Waals surface area contributed by atoms with Crippen LogP contribution in [0.3, 0.4) is 0 Å². The van der Waals surface area contributed by atoms with Crippen LogP contribution in [0, 0.1) is 0 Å². The van der Waals surface area contributed by atoms with Crippen LogP contribution in [0.5, 0.6) is 0 Å². The van der Waals surface area contributed by atoms with Gasteiger partial charge in [0, 0.05) is 19.6 Å². The minimum Gasteiger partial charge on any atom is -0.386 e. The van der Waals surface area contributed by atoms with Gasteiger partial charge in [-0.1, -0.05) is 38.1 Å². The largest absolute Gasteiger partial charge is 0.386 e. The second kappa shape index (κ2) is 10.7. The third kappa shape index (κ3) is 10.5. The standard InChI is InChI=1S/C23H45N3O2/c1-9-19(2)21-12-10-20(11-13-21)14-24(15-22(27)17-25(3,4)5)16-23(28)18-26(6,7)8/h10-13,19,22-23,27-28H,9,14-18H2,1-8H3/q+2. The molecule has 3 atom stereocenters. The molecule has 1 rings (SSSR count). The Labute approximate surface area is 173 Å². The summed E-state index contributed by atoms with van der Waals surface area (Å²) >= 11 is 0. The number of quaternary nitrogens is 2. The highest BCUT2D eigenvalue weighted by molar-refractivity contribution is 5.25. The Hall–Kier alpha value is -0.980. The quantitative estimate of drug-likeness (QED) is 0.533. The summed E-state index contributed by atoms with van der Waals surface area (Å²) in [6.45, 7) is 7.72. The van der Waals surface area contributed by atoms with Crippen LogP contribution in [-0.4, -0.2) is 105 Å². The maximum atomic E-state index is 10.6. The lowest BCUT2D eigenvalue weighted by molar-refractivity contribution is -0.873. The van der Waals surface area contributed by atoms with Crippen LogP contribution >= 0.6 is 0 Å². The number of hydrogen-bond donors (Lipinski definition) is 2. The van der Waals surface area contributed by atoms with Gasteiger partial charge in [0.15, 0.2) is 0 Å². The zero-order valence-corrected chi connectivity index (χ0v) is 19.5. The highest BCUT2D eigenvalue weighted by Gasteiger charge is 2.23. The first-order valence-corrected chi connectivity index (χ1v) is 10.6. The second-order valence-corrected chi connectivity index (χ2v) is 10.5. The van der Waals surface area contributed by atoms with Crippen molar-refractivity contribution in [1.82, 2.24) is 4.90 Å².